The molecule has 2 saturated heterocycles. The van der Waals surface area contributed by atoms with Gasteiger partial charge in [-0.15, -0.1) is 10.2 Å². The van der Waals surface area contributed by atoms with Crippen LogP contribution in [0.4, 0.5) is 0 Å². The van der Waals surface area contributed by atoms with E-state index in [9.17, 15) is 14.7 Å². The third-order valence-electron chi connectivity index (χ3n) is 5.55. The van der Waals surface area contributed by atoms with Crippen LogP contribution in [-0.4, -0.2) is 67.7 Å². The molecule has 2 amide bonds. The molecule has 0 aromatic carbocycles. The SMILES string of the molecule is Cn1c(CO)nnc1C1CCCN(C(=O)CCN2CCCCCC2=O)C1. The van der Waals surface area contributed by atoms with Crippen molar-refractivity contribution in [3.8, 4) is 0 Å². The Morgan fingerprint density at radius 1 is 1.19 bits per heavy atom. The summed E-state index contributed by atoms with van der Waals surface area (Å²) in [6.07, 6.45) is 5.98. The fourth-order valence-corrected chi connectivity index (χ4v) is 3.95. The minimum absolute atomic E-state index is 0.108. The lowest BCUT2D eigenvalue weighted by molar-refractivity contribution is -0.135. The Morgan fingerprint density at radius 3 is 2.81 bits per heavy atom. The van der Waals surface area contributed by atoms with Gasteiger partial charge in [0.25, 0.3) is 0 Å². The minimum atomic E-state index is -0.136. The Bertz CT molecular complexity index is 645. The molecule has 8 nitrogen and oxygen atoms in total. The molecule has 2 fully saturated rings. The number of carbonyl (C=O) groups is 2. The number of aliphatic hydroxyl groups excluding tert-OH is 1. The lowest BCUT2D eigenvalue weighted by atomic mass is 9.97. The second-order valence-corrected chi connectivity index (χ2v) is 7.31. The van der Waals surface area contributed by atoms with E-state index < -0.39 is 0 Å². The Morgan fingerprint density at radius 2 is 2.04 bits per heavy atom. The third kappa shape index (κ3) is 4.23. The van der Waals surface area contributed by atoms with E-state index in [1.54, 1.807) is 0 Å². The smallest absolute Gasteiger partial charge is 0.224 e. The van der Waals surface area contributed by atoms with E-state index in [4.69, 9.17) is 0 Å². The Kier molecular flexibility index (Phi) is 6.24. The summed E-state index contributed by atoms with van der Waals surface area (Å²) >= 11 is 0. The molecule has 26 heavy (non-hydrogen) atoms. The molecule has 3 heterocycles. The first-order valence-electron chi connectivity index (χ1n) is 9.64. The second-order valence-electron chi connectivity index (χ2n) is 7.31. The Balaban J connectivity index is 1.55. The van der Waals surface area contributed by atoms with Crippen molar-refractivity contribution < 1.29 is 14.7 Å². The van der Waals surface area contributed by atoms with Crippen LogP contribution in [0.1, 0.15) is 62.5 Å². The van der Waals surface area contributed by atoms with E-state index in [0.29, 0.717) is 31.8 Å². The zero-order chi connectivity index (χ0) is 18.5. The maximum Gasteiger partial charge on any atom is 0.224 e. The predicted octanol–water partition coefficient (Wildman–Crippen LogP) is 0.806. The zero-order valence-corrected chi connectivity index (χ0v) is 15.6. The third-order valence-corrected chi connectivity index (χ3v) is 5.55. The lowest BCUT2D eigenvalue weighted by Crippen LogP contribution is -2.41. The molecule has 0 saturated carbocycles. The number of likely N-dealkylation sites (tertiary alicyclic amines) is 2. The molecule has 3 rings (SSSR count). The summed E-state index contributed by atoms with van der Waals surface area (Å²) in [6.45, 7) is 2.55. The Labute approximate surface area is 154 Å². The molecule has 2 aliphatic rings. The molecule has 8 heteroatoms. The van der Waals surface area contributed by atoms with E-state index >= 15 is 0 Å². The van der Waals surface area contributed by atoms with Crippen LogP contribution < -0.4 is 0 Å². The number of aliphatic hydroxyl groups is 1. The summed E-state index contributed by atoms with van der Waals surface area (Å²) in [4.78, 5) is 28.5. The lowest BCUT2D eigenvalue weighted by Gasteiger charge is -2.33. The highest BCUT2D eigenvalue weighted by atomic mass is 16.3. The first kappa shape index (κ1) is 18.8. The summed E-state index contributed by atoms with van der Waals surface area (Å²) in [7, 11) is 1.85. The molecule has 1 atom stereocenters. The first-order valence-corrected chi connectivity index (χ1v) is 9.64. The van der Waals surface area contributed by atoms with Crippen LogP contribution in [0.15, 0.2) is 0 Å². The average Bonchev–Trinajstić information content (AvgIpc) is 2.91. The minimum Gasteiger partial charge on any atom is -0.388 e. The van der Waals surface area contributed by atoms with Gasteiger partial charge in [-0.25, -0.2) is 0 Å². The fourth-order valence-electron chi connectivity index (χ4n) is 3.95. The van der Waals surface area contributed by atoms with Gasteiger partial charge in [0.15, 0.2) is 5.82 Å². The summed E-state index contributed by atoms with van der Waals surface area (Å²) in [6, 6.07) is 0. The monoisotopic (exact) mass is 363 g/mol. The van der Waals surface area contributed by atoms with Crippen molar-refractivity contribution in [2.75, 3.05) is 26.2 Å². The second kappa shape index (κ2) is 8.62. The van der Waals surface area contributed by atoms with Crippen molar-refractivity contribution in [1.29, 1.82) is 0 Å². The normalized spacial score (nSPS) is 21.8. The van der Waals surface area contributed by atoms with E-state index in [0.717, 1.165) is 51.0 Å². The van der Waals surface area contributed by atoms with Crippen LogP contribution >= 0.6 is 0 Å². The van der Waals surface area contributed by atoms with Crippen molar-refractivity contribution in [2.45, 2.75) is 57.5 Å². The fraction of sp³-hybridized carbons (Fsp3) is 0.778. The maximum atomic E-state index is 12.7. The van der Waals surface area contributed by atoms with Gasteiger partial charge in [0.2, 0.25) is 11.8 Å². The van der Waals surface area contributed by atoms with E-state index in [-0.39, 0.29) is 24.3 Å². The van der Waals surface area contributed by atoms with Crippen LogP contribution in [0, 0.1) is 0 Å². The van der Waals surface area contributed by atoms with Crippen molar-refractivity contribution in [3.05, 3.63) is 11.6 Å². The van der Waals surface area contributed by atoms with E-state index in [2.05, 4.69) is 10.2 Å². The molecule has 0 radical (unpaired) electrons. The van der Waals surface area contributed by atoms with Gasteiger partial charge >= 0.3 is 0 Å². The zero-order valence-electron chi connectivity index (χ0n) is 15.6. The van der Waals surface area contributed by atoms with Crippen LogP contribution in [0.3, 0.4) is 0 Å². The van der Waals surface area contributed by atoms with Gasteiger partial charge in [-0.05, 0) is 25.7 Å². The van der Waals surface area contributed by atoms with Gasteiger partial charge in [-0.3, -0.25) is 9.59 Å². The molecule has 0 spiro atoms. The summed E-state index contributed by atoms with van der Waals surface area (Å²) in [5, 5.41) is 17.5. The van der Waals surface area contributed by atoms with Crippen molar-refractivity contribution in [1.82, 2.24) is 24.6 Å². The molecule has 0 aliphatic carbocycles. The van der Waals surface area contributed by atoms with Gasteiger partial charge in [-0.1, -0.05) is 6.42 Å². The van der Waals surface area contributed by atoms with E-state index in [1.807, 2.05) is 21.4 Å². The summed E-state index contributed by atoms with van der Waals surface area (Å²) in [5.74, 6) is 1.81. The molecule has 0 bridgehead atoms. The highest BCUT2D eigenvalue weighted by Gasteiger charge is 2.28. The van der Waals surface area contributed by atoms with Crippen LogP contribution in [0.25, 0.3) is 0 Å². The van der Waals surface area contributed by atoms with Gasteiger partial charge < -0.3 is 19.5 Å². The molecule has 1 unspecified atom stereocenters. The average molecular weight is 363 g/mol. The highest BCUT2D eigenvalue weighted by Crippen LogP contribution is 2.26. The standard InChI is InChI=1S/C18H29N5O3/c1-21-15(13-24)19-20-18(21)14-6-5-10-23(12-14)17(26)8-11-22-9-4-2-3-7-16(22)25/h14,24H,2-13H2,1H3. The number of hydrogen-bond donors (Lipinski definition) is 1. The largest absolute Gasteiger partial charge is 0.388 e. The topological polar surface area (TPSA) is 91.6 Å². The highest BCUT2D eigenvalue weighted by molar-refractivity contribution is 5.79. The van der Waals surface area contributed by atoms with E-state index in [1.165, 1.54) is 0 Å². The number of aromatic nitrogens is 3. The number of rotatable bonds is 5. The van der Waals surface area contributed by atoms with Crippen molar-refractivity contribution in [2.24, 2.45) is 7.05 Å². The number of amides is 2. The van der Waals surface area contributed by atoms with Crippen molar-refractivity contribution >= 4 is 11.8 Å². The maximum absolute atomic E-state index is 12.7. The van der Waals surface area contributed by atoms with Crippen LogP contribution in [-0.2, 0) is 23.2 Å². The first-order chi connectivity index (χ1) is 12.6. The Hall–Kier alpha value is -1.96. The van der Waals surface area contributed by atoms with Gasteiger partial charge in [0, 0.05) is 52.0 Å². The van der Waals surface area contributed by atoms with Crippen molar-refractivity contribution in [3.63, 3.8) is 0 Å². The summed E-state index contributed by atoms with van der Waals surface area (Å²) < 4.78 is 1.83. The number of hydrogen-bond acceptors (Lipinski definition) is 5. The molecule has 1 N–H and O–H groups in total. The number of nitrogens with zero attached hydrogens (tertiary/aromatic N) is 5. The number of carbonyl (C=O) groups excluding carboxylic acids is 2. The number of piperidine rings is 1. The van der Waals surface area contributed by atoms with Crippen LogP contribution in [0.5, 0.6) is 0 Å². The predicted molar refractivity (Wildman–Crippen MR) is 95.1 cm³/mol. The molecule has 1 aromatic rings. The molecular weight excluding hydrogens is 334 g/mol. The van der Waals surface area contributed by atoms with Crippen LogP contribution in [0.2, 0.25) is 0 Å². The van der Waals surface area contributed by atoms with Gasteiger partial charge in [0.05, 0.1) is 0 Å². The molecular formula is C18H29N5O3. The molecule has 1 aromatic heterocycles. The molecule has 144 valence electrons. The summed E-state index contributed by atoms with van der Waals surface area (Å²) in [5.41, 5.74) is 0. The quantitative estimate of drug-likeness (QED) is 0.836. The van der Waals surface area contributed by atoms with Gasteiger partial charge in [0.1, 0.15) is 12.4 Å². The molecule has 2 aliphatic heterocycles. The van der Waals surface area contributed by atoms with Gasteiger partial charge in [-0.2, -0.15) is 0 Å².